The lowest BCUT2D eigenvalue weighted by Crippen LogP contribution is -2.48. The number of nitrogens with one attached hydrogen (secondary N) is 2. The van der Waals surface area contributed by atoms with Crippen LogP contribution in [0.4, 0.5) is 10.1 Å². The van der Waals surface area contributed by atoms with E-state index in [-0.39, 0.29) is 11.5 Å². The van der Waals surface area contributed by atoms with Crippen LogP contribution in [0.2, 0.25) is 0 Å². The highest BCUT2D eigenvalue weighted by Gasteiger charge is 2.45. The Morgan fingerprint density at radius 1 is 1.33 bits per heavy atom. The molecule has 1 aromatic rings. The fourth-order valence-electron chi connectivity index (χ4n) is 4.62. The highest BCUT2D eigenvalue weighted by Crippen LogP contribution is 2.50. The van der Waals surface area contributed by atoms with Crippen LogP contribution in [0.25, 0.3) is 0 Å². The maximum atomic E-state index is 14.6. The van der Waals surface area contributed by atoms with Crippen LogP contribution >= 0.6 is 0 Å². The SMILES string of the molecule is CC(C)(Nc1cccc(C(=O)O)c1)C(=O)NCCC1C[C@@H]2CC[C@@](F)(C1)C2. The van der Waals surface area contributed by atoms with Crippen molar-refractivity contribution in [2.75, 3.05) is 11.9 Å². The van der Waals surface area contributed by atoms with E-state index in [9.17, 15) is 14.0 Å². The van der Waals surface area contributed by atoms with E-state index in [0.717, 1.165) is 25.7 Å². The Labute approximate surface area is 159 Å². The van der Waals surface area contributed by atoms with Crippen molar-refractivity contribution in [1.29, 1.82) is 0 Å². The zero-order valence-corrected chi connectivity index (χ0v) is 16.1. The van der Waals surface area contributed by atoms with Crippen LogP contribution in [0.3, 0.4) is 0 Å². The van der Waals surface area contributed by atoms with Crippen LogP contribution in [-0.2, 0) is 4.79 Å². The number of carbonyl (C=O) groups is 2. The highest BCUT2D eigenvalue weighted by molar-refractivity contribution is 5.91. The topological polar surface area (TPSA) is 78.4 Å². The molecule has 3 atom stereocenters. The lowest BCUT2D eigenvalue weighted by molar-refractivity contribution is -0.124. The molecule has 3 N–H and O–H groups in total. The number of benzene rings is 1. The van der Waals surface area contributed by atoms with Gasteiger partial charge in [-0.2, -0.15) is 0 Å². The van der Waals surface area contributed by atoms with Gasteiger partial charge in [0.15, 0.2) is 0 Å². The number of aromatic carboxylic acids is 1. The molecule has 1 unspecified atom stereocenters. The smallest absolute Gasteiger partial charge is 0.335 e. The summed E-state index contributed by atoms with van der Waals surface area (Å²) in [5.74, 6) is -0.297. The van der Waals surface area contributed by atoms with Gasteiger partial charge in [0.05, 0.1) is 5.56 Å². The summed E-state index contributed by atoms with van der Waals surface area (Å²) in [7, 11) is 0. The number of hydrogen-bond acceptors (Lipinski definition) is 3. The lowest BCUT2D eigenvalue weighted by Gasteiger charge is -2.32. The Morgan fingerprint density at radius 3 is 2.81 bits per heavy atom. The van der Waals surface area contributed by atoms with Gasteiger partial charge >= 0.3 is 5.97 Å². The van der Waals surface area contributed by atoms with Gasteiger partial charge < -0.3 is 15.7 Å². The summed E-state index contributed by atoms with van der Waals surface area (Å²) in [6, 6.07) is 6.40. The van der Waals surface area contributed by atoms with E-state index in [1.165, 1.54) is 12.1 Å². The van der Waals surface area contributed by atoms with Gasteiger partial charge in [-0.25, -0.2) is 9.18 Å². The minimum Gasteiger partial charge on any atom is -0.478 e. The lowest BCUT2D eigenvalue weighted by atomic mass is 9.78. The molecule has 0 radical (unpaired) electrons. The van der Waals surface area contributed by atoms with E-state index in [2.05, 4.69) is 10.6 Å². The molecule has 2 bridgehead atoms. The first kappa shape index (κ1) is 19.6. The molecule has 1 aromatic carbocycles. The summed E-state index contributed by atoms with van der Waals surface area (Å²) >= 11 is 0. The molecule has 2 aliphatic rings. The first-order chi connectivity index (χ1) is 12.7. The van der Waals surface area contributed by atoms with Gasteiger partial charge in [0.25, 0.3) is 0 Å². The fraction of sp³-hybridized carbons (Fsp3) is 0.619. The van der Waals surface area contributed by atoms with Crippen LogP contribution in [0.1, 0.15) is 62.7 Å². The van der Waals surface area contributed by atoms with Crippen LogP contribution in [0.5, 0.6) is 0 Å². The first-order valence-corrected chi connectivity index (χ1v) is 9.76. The molecular weight excluding hydrogens is 347 g/mol. The molecule has 1 amide bonds. The second-order valence-corrected chi connectivity index (χ2v) is 8.75. The molecule has 0 heterocycles. The maximum Gasteiger partial charge on any atom is 0.335 e. The van der Waals surface area contributed by atoms with E-state index in [1.807, 2.05) is 0 Å². The normalized spacial score (nSPS) is 27.2. The number of carbonyl (C=O) groups excluding carboxylic acids is 1. The Kier molecular flexibility index (Phi) is 5.45. The third kappa shape index (κ3) is 4.79. The summed E-state index contributed by atoms with van der Waals surface area (Å²) < 4.78 is 14.6. The van der Waals surface area contributed by atoms with Gasteiger partial charge in [-0.3, -0.25) is 4.79 Å². The summed E-state index contributed by atoms with van der Waals surface area (Å²) in [5.41, 5.74) is -1.10. The first-order valence-electron chi connectivity index (χ1n) is 9.76. The molecule has 2 saturated carbocycles. The Balaban J connectivity index is 1.49. The zero-order chi connectivity index (χ0) is 19.7. The van der Waals surface area contributed by atoms with Crippen molar-refractivity contribution in [2.45, 2.75) is 63.6 Å². The van der Waals surface area contributed by atoms with Crippen LogP contribution < -0.4 is 10.6 Å². The summed E-state index contributed by atoms with van der Waals surface area (Å²) in [6.07, 6.45) is 4.94. The molecule has 2 aliphatic carbocycles. The monoisotopic (exact) mass is 376 g/mol. The number of alkyl halides is 1. The van der Waals surface area contributed by atoms with E-state index in [4.69, 9.17) is 5.11 Å². The van der Waals surface area contributed by atoms with Crippen molar-refractivity contribution in [1.82, 2.24) is 5.32 Å². The van der Waals surface area contributed by atoms with E-state index in [0.29, 0.717) is 36.9 Å². The van der Waals surface area contributed by atoms with Crippen LogP contribution in [0, 0.1) is 11.8 Å². The van der Waals surface area contributed by atoms with Crippen molar-refractivity contribution in [3.05, 3.63) is 29.8 Å². The van der Waals surface area contributed by atoms with Crippen molar-refractivity contribution < 1.29 is 19.1 Å². The Morgan fingerprint density at radius 2 is 2.11 bits per heavy atom. The molecule has 27 heavy (non-hydrogen) atoms. The van der Waals surface area contributed by atoms with Crippen molar-refractivity contribution >= 4 is 17.6 Å². The van der Waals surface area contributed by atoms with Gasteiger partial charge in [-0.05, 0) is 82.4 Å². The number of anilines is 1. The predicted molar refractivity (Wildman–Crippen MR) is 103 cm³/mol. The number of rotatable bonds is 7. The summed E-state index contributed by atoms with van der Waals surface area (Å²) in [6.45, 7) is 4.05. The van der Waals surface area contributed by atoms with Gasteiger partial charge in [0, 0.05) is 12.2 Å². The molecular formula is C21H29FN2O3. The van der Waals surface area contributed by atoms with Gasteiger partial charge in [-0.1, -0.05) is 6.07 Å². The van der Waals surface area contributed by atoms with E-state index >= 15 is 0 Å². The molecule has 0 aromatic heterocycles. The Hall–Kier alpha value is -2.11. The highest BCUT2D eigenvalue weighted by atomic mass is 19.1. The van der Waals surface area contributed by atoms with Crippen molar-refractivity contribution in [3.63, 3.8) is 0 Å². The third-order valence-corrected chi connectivity index (χ3v) is 5.95. The van der Waals surface area contributed by atoms with Crippen molar-refractivity contribution in [3.8, 4) is 0 Å². The number of carboxylic acid groups (broad SMARTS) is 1. The van der Waals surface area contributed by atoms with Crippen LogP contribution in [-0.4, -0.2) is 34.7 Å². The van der Waals surface area contributed by atoms with Crippen molar-refractivity contribution in [2.24, 2.45) is 11.8 Å². The predicted octanol–water partition coefficient (Wildman–Crippen LogP) is 4.00. The molecule has 2 fully saturated rings. The average molecular weight is 376 g/mol. The molecule has 0 aliphatic heterocycles. The second kappa shape index (κ2) is 7.49. The van der Waals surface area contributed by atoms with Gasteiger partial charge in [-0.15, -0.1) is 0 Å². The quantitative estimate of drug-likeness (QED) is 0.672. The number of hydrogen-bond donors (Lipinski definition) is 3. The second-order valence-electron chi connectivity index (χ2n) is 8.75. The molecule has 0 spiro atoms. The molecule has 148 valence electrons. The largest absolute Gasteiger partial charge is 0.478 e. The summed E-state index contributed by atoms with van der Waals surface area (Å²) in [4.78, 5) is 23.7. The third-order valence-electron chi connectivity index (χ3n) is 5.95. The molecule has 6 heteroatoms. The maximum absolute atomic E-state index is 14.6. The number of carboxylic acids is 1. The minimum absolute atomic E-state index is 0.156. The van der Waals surface area contributed by atoms with Gasteiger partial charge in [0.2, 0.25) is 5.91 Å². The zero-order valence-electron chi connectivity index (χ0n) is 16.1. The van der Waals surface area contributed by atoms with Crippen LogP contribution in [0.15, 0.2) is 24.3 Å². The number of halogens is 1. The summed E-state index contributed by atoms with van der Waals surface area (Å²) in [5, 5.41) is 15.1. The molecule has 0 saturated heterocycles. The van der Waals surface area contributed by atoms with E-state index in [1.54, 1.807) is 26.0 Å². The van der Waals surface area contributed by atoms with Gasteiger partial charge in [0.1, 0.15) is 11.2 Å². The minimum atomic E-state index is -1.01. The Bertz CT molecular complexity index is 721. The number of fused-ring (bicyclic) bond motifs is 2. The molecule has 3 rings (SSSR count). The fourth-order valence-corrected chi connectivity index (χ4v) is 4.62. The standard InChI is InChI=1S/C21H29FN2O3/c1-20(2,24-17-5-3-4-16(11-17)18(25)26)19(27)23-9-7-15-10-14-6-8-21(22,12-14)13-15/h3-5,11,14-15,24H,6-10,12-13H2,1-2H3,(H,23,27)(H,25,26)/t14-,15?,21-/m0/s1. The molecule has 5 nitrogen and oxygen atoms in total. The average Bonchev–Trinajstić information content (AvgIpc) is 2.87. The van der Waals surface area contributed by atoms with E-state index < -0.39 is 17.2 Å². The number of amides is 1.